The van der Waals surface area contributed by atoms with Gasteiger partial charge in [0.05, 0.1) is 0 Å². The van der Waals surface area contributed by atoms with Gasteiger partial charge in [-0.3, -0.25) is 0 Å². The lowest BCUT2D eigenvalue weighted by Gasteiger charge is -2.22. The van der Waals surface area contributed by atoms with Crippen molar-refractivity contribution in [2.24, 2.45) is 5.92 Å². The van der Waals surface area contributed by atoms with Crippen LogP contribution in [0, 0.1) is 11.7 Å². The van der Waals surface area contributed by atoms with E-state index in [1.54, 1.807) is 12.1 Å². The van der Waals surface area contributed by atoms with Crippen LogP contribution in [0.4, 0.5) is 4.39 Å². The van der Waals surface area contributed by atoms with Crippen LogP contribution in [0.3, 0.4) is 0 Å². The maximum atomic E-state index is 13.3. The molecule has 0 aliphatic heterocycles. The van der Waals surface area contributed by atoms with Crippen molar-refractivity contribution in [2.75, 3.05) is 26.7 Å². The van der Waals surface area contributed by atoms with Crippen LogP contribution in [0.15, 0.2) is 24.3 Å². The molecule has 1 unspecified atom stereocenters. The van der Waals surface area contributed by atoms with Crippen molar-refractivity contribution in [1.29, 1.82) is 0 Å². The van der Waals surface area contributed by atoms with Gasteiger partial charge in [-0.25, -0.2) is 4.39 Å². The SMILES string of the molecule is CCNC(CCN(C)CC1CC1)c1cccc(F)c1. The Labute approximate surface area is 116 Å². The molecule has 1 fully saturated rings. The largest absolute Gasteiger partial charge is 0.310 e. The van der Waals surface area contributed by atoms with Gasteiger partial charge in [0, 0.05) is 12.6 Å². The van der Waals surface area contributed by atoms with Crippen molar-refractivity contribution in [3.05, 3.63) is 35.6 Å². The fourth-order valence-electron chi connectivity index (χ4n) is 2.54. The zero-order valence-corrected chi connectivity index (χ0v) is 12.0. The molecule has 1 aliphatic rings. The summed E-state index contributed by atoms with van der Waals surface area (Å²) in [6.45, 7) is 5.28. The second kappa shape index (κ2) is 7.01. The van der Waals surface area contributed by atoms with Crippen LogP contribution in [0.25, 0.3) is 0 Å². The fourth-order valence-corrected chi connectivity index (χ4v) is 2.54. The van der Waals surface area contributed by atoms with Crippen LogP contribution < -0.4 is 5.32 Å². The Bertz CT molecular complexity index is 390. The van der Waals surface area contributed by atoms with Gasteiger partial charge < -0.3 is 10.2 Å². The molecule has 3 heteroatoms. The van der Waals surface area contributed by atoms with E-state index in [0.29, 0.717) is 0 Å². The Kier molecular flexibility index (Phi) is 5.34. The van der Waals surface area contributed by atoms with E-state index in [1.807, 2.05) is 6.07 Å². The summed E-state index contributed by atoms with van der Waals surface area (Å²) in [4.78, 5) is 2.40. The van der Waals surface area contributed by atoms with Crippen LogP contribution in [0.5, 0.6) is 0 Å². The molecule has 0 radical (unpaired) electrons. The van der Waals surface area contributed by atoms with Gasteiger partial charge in [-0.15, -0.1) is 0 Å². The first-order valence-electron chi connectivity index (χ1n) is 7.36. The van der Waals surface area contributed by atoms with Crippen LogP contribution in [0.2, 0.25) is 0 Å². The smallest absolute Gasteiger partial charge is 0.123 e. The highest BCUT2D eigenvalue weighted by atomic mass is 19.1. The van der Waals surface area contributed by atoms with E-state index in [1.165, 1.54) is 25.5 Å². The van der Waals surface area contributed by atoms with Crippen LogP contribution >= 0.6 is 0 Å². The van der Waals surface area contributed by atoms with Crippen molar-refractivity contribution in [3.8, 4) is 0 Å². The summed E-state index contributed by atoms with van der Waals surface area (Å²) < 4.78 is 13.3. The quantitative estimate of drug-likeness (QED) is 0.775. The third-order valence-corrected chi connectivity index (χ3v) is 3.77. The van der Waals surface area contributed by atoms with Gasteiger partial charge in [0.15, 0.2) is 0 Å². The monoisotopic (exact) mass is 264 g/mol. The number of nitrogens with zero attached hydrogens (tertiary/aromatic N) is 1. The molecule has 2 rings (SSSR count). The molecule has 1 N–H and O–H groups in total. The molecule has 0 aromatic heterocycles. The van der Waals surface area contributed by atoms with Crippen molar-refractivity contribution in [2.45, 2.75) is 32.2 Å². The van der Waals surface area contributed by atoms with Crippen LogP contribution in [-0.4, -0.2) is 31.6 Å². The third kappa shape index (κ3) is 4.92. The van der Waals surface area contributed by atoms with E-state index in [4.69, 9.17) is 0 Å². The van der Waals surface area contributed by atoms with Gasteiger partial charge in [-0.1, -0.05) is 19.1 Å². The Hall–Kier alpha value is -0.930. The van der Waals surface area contributed by atoms with Crippen molar-refractivity contribution >= 4 is 0 Å². The highest BCUT2D eigenvalue weighted by Gasteiger charge is 2.23. The summed E-state index contributed by atoms with van der Waals surface area (Å²) in [6, 6.07) is 7.21. The summed E-state index contributed by atoms with van der Waals surface area (Å²) in [5.41, 5.74) is 1.06. The molecule has 0 saturated heterocycles. The molecule has 1 atom stereocenters. The molecule has 1 saturated carbocycles. The average molecular weight is 264 g/mol. The molecule has 1 aromatic rings. The molecule has 1 aromatic carbocycles. The minimum atomic E-state index is -0.147. The lowest BCUT2D eigenvalue weighted by Crippen LogP contribution is -2.28. The average Bonchev–Trinajstić information content (AvgIpc) is 3.18. The molecule has 0 bridgehead atoms. The molecule has 2 nitrogen and oxygen atoms in total. The maximum Gasteiger partial charge on any atom is 0.123 e. The number of hydrogen-bond acceptors (Lipinski definition) is 2. The predicted octanol–water partition coefficient (Wildman–Crippen LogP) is 3.21. The van der Waals surface area contributed by atoms with Gasteiger partial charge in [0.1, 0.15) is 5.82 Å². The second-order valence-electron chi connectivity index (χ2n) is 5.66. The highest BCUT2D eigenvalue weighted by molar-refractivity contribution is 5.20. The van der Waals surface area contributed by atoms with E-state index in [9.17, 15) is 4.39 Å². The van der Waals surface area contributed by atoms with Gasteiger partial charge in [-0.2, -0.15) is 0 Å². The molecule has 0 spiro atoms. The highest BCUT2D eigenvalue weighted by Crippen LogP contribution is 2.29. The third-order valence-electron chi connectivity index (χ3n) is 3.77. The molecule has 19 heavy (non-hydrogen) atoms. The first-order chi connectivity index (χ1) is 9.19. The minimum Gasteiger partial charge on any atom is -0.310 e. The molecular weight excluding hydrogens is 239 g/mol. The van der Waals surface area contributed by atoms with Gasteiger partial charge >= 0.3 is 0 Å². The first-order valence-corrected chi connectivity index (χ1v) is 7.36. The van der Waals surface area contributed by atoms with Gasteiger partial charge in [0.2, 0.25) is 0 Å². The van der Waals surface area contributed by atoms with Crippen molar-refractivity contribution in [1.82, 2.24) is 10.2 Å². The fraction of sp³-hybridized carbons (Fsp3) is 0.625. The zero-order valence-electron chi connectivity index (χ0n) is 12.0. The van der Waals surface area contributed by atoms with Crippen LogP contribution in [0.1, 0.15) is 37.8 Å². The number of nitrogens with one attached hydrogen (secondary N) is 1. The molecule has 0 amide bonds. The van der Waals surface area contributed by atoms with Gasteiger partial charge in [0.25, 0.3) is 0 Å². The van der Waals surface area contributed by atoms with E-state index in [2.05, 4.69) is 24.2 Å². The van der Waals surface area contributed by atoms with E-state index >= 15 is 0 Å². The number of rotatable bonds is 8. The zero-order chi connectivity index (χ0) is 13.7. The predicted molar refractivity (Wildman–Crippen MR) is 77.7 cm³/mol. The summed E-state index contributed by atoms with van der Waals surface area (Å²) in [5, 5.41) is 3.46. The Balaban J connectivity index is 1.87. The van der Waals surface area contributed by atoms with Gasteiger partial charge in [-0.05, 0) is 63.0 Å². The summed E-state index contributed by atoms with van der Waals surface area (Å²) in [5.74, 6) is 0.781. The van der Waals surface area contributed by atoms with Crippen molar-refractivity contribution < 1.29 is 4.39 Å². The van der Waals surface area contributed by atoms with Crippen molar-refractivity contribution in [3.63, 3.8) is 0 Å². The summed E-state index contributed by atoms with van der Waals surface area (Å²) in [6.07, 6.45) is 3.82. The van der Waals surface area contributed by atoms with Crippen LogP contribution in [-0.2, 0) is 0 Å². The van der Waals surface area contributed by atoms with E-state index in [-0.39, 0.29) is 11.9 Å². The summed E-state index contributed by atoms with van der Waals surface area (Å²) in [7, 11) is 2.19. The second-order valence-corrected chi connectivity index (χ2v) is 5.66. The minimum absolute atomic E-state index is 0.147. The standard InChI is InChI=1S/C16H25FN2/c1-3-18-16(14-5-4-6-15(17)11-14)9-10-19(2)12-13-7-8-13/h4-6,11,13,16,18H,3,7-10,12H2,1-2H3. The lowest BCUT2D eigenvalue weighted by atomic mass is 10.0. The lowest BCUT2D eigenvalue weighted by molar-refractivity contribution is 0.297. The normalized spacial score (nSPS) is 16.8. The maximum absolute atomic E-state index is 13.3. The molecule has 106 valence electrons. The summed E-state index contributed by atoms with van der Waals surface area (Å²) >= 11 is 0. The molecule has 0 heterocycles. The van der Waals surface area contributed by atoms with E-state index in [0.717, 1.165) is 31.0 Å². The number of halogens is 1. The Morgan fingerprint density at radius 2 is 2.21 bits per heavy atom. The molecule has 1 aliphatic carbocycles. The Morgan fingerprint density at radius 1 is 1.42 bits per heavy atom. The van der Waals surface area contributed by atoms with E-state index < -0.39 is 0 Å². The Morgan fingerprint density at radius 3 is 2.84 bits per heavy atom. The number of benzene rings is 1. The molecular formula is C16H25FN2. The number of hydrogen-bond donors (Lipinski definition) is 1. The topological polar surface area (TPSA) is 15.3 Å². The first kappa shape index (κ1) is 14.5.